The molecule has 0 saturated carbocycles. The molecule has 0 aliphatic heterocycles. The number of nitrogens with one attached hydrogen (secondary N) is 1. The topological polar surface area (TPSA) is 108 Å². The van der Waals surface area contributed by atoms with Gasteiger partial charge in [-0.3, -0.25) is 14.9 Å². The van der Waals surface area contributed by atoms with Crippen LogP contribution < -0.4 is 10.1 Å². The van der Waals surface area contributed by atoms with Crippen LogP contribution in [0.25, 0.3) is 0 Å². The molecule has 142 valence electrons. The van der Waals surface area contributed by atoms with Crippen LogP contribution in [0.4, 0.5) is 15.8 Å². The number of para-hydroxylation sites is 1. The molecule has 0 radical (unpaired) electrons. The first-order valence-electron chi connectivity index (χ1n) is 8.01. The second-order valence-electron chi connectivity index (χ2n) is 5.39. The maximum atomic E-state index is 13.3. The molecule has 0 aromatic heterocycles. The van der Waals surface area contributed by atoms with Gasteiger partial charge in [0.2, 0.25) is 5.82 Å². The summed E-state index contributed by atoms with van der Waals surface area (Å²) >= 11 is 0. The second-order valence-corrected chi connectivity index (χ2v) is 5.39. The molecule has 2 rings (SSSR count). The van der Waals surface area contributed by atoms with Gasteiger partial charge in [0, 0.05) is 11.8 Å². The highest BCUT2D eigenvalue weighted by Gasteiger charge is 2.22. The lowest BCUT2D eigenvalue weighted by molar-refractivity contribution is -0.387. The molecule has 0 spiro atoms. The Labute approximate surface area is 154 Å². The van der Waals surface area contributed by atoms with Crippen molar-refractivity contribution in [1.82, 2.24) is 0 Å². The standard InChI is InChI=1S/C18H17FN2O6/c1-3-26-16-7-5-4-6-13(16)18(23)27-11(2)17(22)20-12-8-9-14(19)15(10-12)21(24)25/h4-11H,3H2,1-2H3,(H,20,22)/t11-/m0/s1. The summed E-state index contributed by atoms with van der Waals surface area (Å²) in [4.78, 5) is 34.3. The number of esters is 1. The van der Waals surface area contributed by atoms with Crippen LogP contribution >= 0.6 is 0 Å². The number of halogens is 1. The Bertz CT molecular complexity index is 871. The summed E-state index contributed by atoms with van der Waals surface area (Å²) in [6, 6.07) is 9.33. The van der Waals surface area contributed by atoms with Crippen LogP contribution in [-0.4, -0.2) is 29.5 Å². The van der Waals surface area contributed by atoms with Crippen molar-refractivity contribution in [2.24, 2.45) is 0 Å². The highest BCUT2D eigenvalue weighted by molar-refractivity contribution is 5.98. The summed E-state index contributed by atoms with van der Waals surface area (Å²) in [6.07, 6.45) is -1.20. The molecule has 0 fully saturated rings. The smallest absolute Gasteiger partial charge is 0.342 e. The highest BCUT2D eigenvalue weighted by Crippen LogP contribution is 2.22. The molecule has 0 unspecified atom stereocenters. The number of carbonyl (C=O) groups excluding carboxylic acids is 2. The Hall–Kier alpha value is -3.49. The minimum absolute atomic E-state index is 0.00529. The van der Waals surface area contributed by atoms with E-state index < -0.39 is 34.4 Å². The van der Waals surface area contributed by atoms with Crippen LogP contribution in [0, 0.1) is 15.9 Å². The number of hydrogen-bond acceptors (Lipinski definition) is 6. The minimum Gasteiger partial charge on any atom is -0.493 e. The Morgan fingerprint density at radius 1 is 1.26 bits per heavy atom. The van der Waals surface area contributed by atoms with Gasteiger partial charge >= 0.3 is 11.7 Å². The molecule has 0 saturated heterocycles. The van der Waals surface area contributed by atoms with E-state index in [0.29, 0.717) is 12.4 Å². The molecule has 0 heterocycles. The molecule has 27 heavy (non-hydrogen) atoms. The van der Waals surface area contributed by atoms with Crippen LogP contribution in [0.2, 0.25) is 0 Å². The van der Waals surface area contributed by atoms with Crippen molar-refractivity contribution in [2.45, 2.75) is 20.0 Å². The van der Waals surface area contributed by atoms with Gasteiger partial charge in [-0.25, -0.2) is 4.79 Å². The molecule has 8 nitrogen and oxygen atoms in total. The van der Waals surface area contributed by atoms with Crippen LogP contribution in [0.3, 0.4) is 0 Å². The summed E-state index contributed by atoms with van der Waals surface area (Å²) < 4.78 is 23.8. The minimum atomic E-state index is -1.20. The van der Waals surface area contributed by atoms with Crippen molar-refractivity contribution in [3.63, 3.8) is 0 Å². The lowest BCUT2D eigenvalue weighted by Crippen LogP contribution is -2.30. The van der Waals surface area contributed by atoms with Gasteiger partial charge in [-0.2, -0.15) is 4.39 Å². The molecular formula is C18H17FN2O6. The maximum Gasteiger partial charge on any atom is 0.342 e. The predicted molar refractivity (Wildman–Crippen MR) is 94.2 cm³/mol. The fourth-order valence-corrected chi connectivity index (χ4v) is 2.17. The van der Waals surface area contributed by atoms with Gasteiger partial charge < -0.3 is 14.8 Å². The van der Waals surface area contributed by atoms with E-state index in [0.717, 1.165) is 12.1 Å². The molecule has 2 aromatic rings. The van der Waals surface area contributed by atoms with E-state index in [-0.39, 0.29) is 11.3 Å². The maximum absolute atomic E-state index is 13.3. The first-order valence-corrected chi connectivity index (χ1v) is 8.01. The fraction of sp³-hybridized carbons (Fsp3) is 0.222. The van der Waals surface area contributed by atoms with Gasteiger partial charge in [0.25, 0.3) is 5.91 Å². The summed E-state index contributed by atoms with van der Waals surface area (Å²) in [7, 11) is 0. The Morgan fingerprint density at radius 2 is 1.96 bits per heavy atom. The van der Waals surface area contributed by atoms with E-state index >= 15 is 0 Å². The zero-order valence-electron chi connectivity index (χ0n) is 14.6. The molecule has 1 amide bonds. The van der Waals surface area contributed by atoms with Gasteiger partial charge in [-0.1, -0.05) is 12.1 Å². The third-order valence-corrected chi connectivity index (χ3v) is 3.47. The van der Waals surface area contributed by atoms with Crippen molar-refractivity contribution < 1.29 is 28.4 Å². The number of rotatable bonds is 7. The van der Waals surface area contributed by atoms with Gasteiger partial charge in [-0.05, 0) is 38.1 Å². The van der Waals surface area contributed by atoms with Crippen molar-refractivity contribution >= 4 is 23.3 Å². The Kier molecular flexibility index (Phi) is 6.42. The van der Waals surface area contributed by atoms with Crippen molar-refractivity contribution in [1.29, 1.82) is 0 Å². The highest BCUT2D eigenvalue weighted by atomic mass is 19.1. The number of benzene rings is 2. The third-order valence-electron chi connectivity index (χ3n) is 3.47. The summed E-state index contributed by atoms with van der Waals surface area (Å²) in [5, 5.41) is 13.1. The number of anilines is 1. The SMILES string of the molecule is CCOc1ccccc1C(=O)O[C@@H](C)C(=O)Nc1ccc(F)c([N+](=O)[O-])c1. The fourth-order valence-electron chi connectivity index (χ4n) is 2.17. The average Bonchev–Trinajstić information content (AvgIpc) is 2.63. The largest absolute Gasteiger partial charge is 0.493 e. The van der Waals surface area contributed by atoms with E-state index in [4.69, 9.17) is 9.47 Å². The van der Waals surface area contributed by atoms with E-state index in [1.807, 2.05) is 0 Å². The molecule has 0 bridgehead atoms. The van der Waals surface area contributed by atoms with Crippen molar-refractivity contribution in [3.8, 4) is 5.75 Å². The van der Waals surface area contributed by atoms with Crippen molar-refractivity contribution in [2.75, 3.05) is 11.9 Å². The van der Waals surface area contributed by atoms with E-state index in [2.05, 4.69) is 5.32 Å². The van der Waals surface area contributed by atoms with Crippen LogP contribution in [0.5, 0.6) is 5.75 Å². The van der Waals surface area contributed by atoms with E-state index in [1.165, 1.54) is 19.1 Å². The number of hydrogen-bond donors (Lipinski definition) is 1. The molecule has 0 aliphatic carbocycles. The number of nitrogens with zero attached hydrogens (tertiary/aromatic N) is 1. The monoisotopic (exact) mass is 376 g/mol. The first-order chi connectivity index (χ1) is 12.8. The average molecular weight is 376 g/mol. The van der Waals surface area contributed by atoms with E-state index in [9.17, 15) is 24.1 Å². The lowest BCUT2D eigenvalue weighted by Gasteiger charge is -2.15. The summed E-state index contributed by atoms with van der Waals surface area (Å²) in [5.74, 6) is -2.18. The zero-order chi connectivity index (χ0) is 20.0. The first kappa shape index (κ1) is 19.8. The van der Waals surface area contributed by atoms with Gasteiger partial charge in [-0.15, -0.1) is 0 Å². The summed E-state index contributed by atoms with van der Waals surface area (Å²) in [6.45, 7) is 3.46. The number of amides is 1. The van der Waals surface area contributed by atoms with Crippen molar-refractivity contribution in [3.05, 3.63) is 64.0 Å². The normalized spacial score (nSPS) is 11.4. The molecule has 9 heteroatoms. The van der Waals surface area contributed by atoms with Crippen LogP contribution in [0.15, 0.2) is 42.5 Å². The van der Waals surface area contributed by atoms with Crippen LogP contribution in [-0.2, 0) is 9.53 Å². The van der Waals surface area contributed by atoms with E-state index in [1.54, 1.807) is 25.1 Å². The van der Waals surface area contributed by atoms with Crippen LogP contribution in [0.1, 0.15) is 24.2 Å². The second kappa shape index (κ2) is 8.75. The summed E-state index contributed by atoms with van der Waals surface area (Å²) in [5.41, 5.74) is -0.606. The molecule has 2 aromatic carbocycles. The number of ether oxygens (including phenoxy) is 2. The molecular weight excluding hydrogens is 359 g/mol. The Morgan fingerprint density at radius 3 is 2.63 bits per heavy atom. The molecule has 1 atom stereocenters. The molecule has 0 aliphatic rings. The number of nitro groups is 1. The van der Waals surface area contributed by atoms with Gasteiger partial charge in [0.1, 0.15) is 11.3 Å². The molecule has 1 N–H and O–H groups in total. The quantitative estimate of drug-likeness (QED) is 0.451. The number of carbonyl (C=O) groups is 2. The Balaban J connectivity index is 2.07. The third kappa shape index (κ3) is 5.00. The predicted octanol–water partition coefficient (Wildman–Crippen LogP) is 3.32. The van der Waals surface area contributed by atoms with Gasteiger partial charge in [0.05, 0.1) is 11.5 Å². The lowest BCUT2D eigenvalue weighted by atomic mass is 10.2. The van der Waals surface area contributed by atoms with Gasteiger partial charge in [0.15, 0.2) is 6.10 Å². The number of nitro benzene ring substituents is 1. The zero-order valence-corrected chi connectivity index (χ0v) is 14.6.